The van der Waals surface area contributed by atoms with Crippen LogP contribution in [0.25, 0.3) is 0 Å². The monoisotopic (exact) mass is 310 g/mol. The molecule has 0 saturated carbocycles. The van der Waals surface area contributed by atoms with E-state index in [0.717, 1.165) is 0 Å². The van der Waals surface area contributed by atoms with Gasteiger partial charge in [-0.2, -0.15) is 0 Å². The fourth-order valence-corrected chi connectivity index (χ4v) is 2.01. The second-order valence-electron chi connectivity index (χ2n) is 5.66. The van der Waals surface area contributed by atoms with E-state index in [1.54, 1.807) is 0 Å². The van der Waals surface area contributed by atoms with E-state index in [1.807, 2.05) is 13.8 Å². The van der Waals surface area contributed by atoms with E-state index in [1.165, 1.54) is 18.2 Å². The van der Waals surface area contributed by atoms with Crippen molar-refractivity contribution in [1.29, 1.82) is 0 Å². The number of phenols is 2. The molecule has 0 unspecified atom stereocenters. The van der Waals surface area contributed by atoms with Crippen LogP contribution in [0, 0.1) is 5.92 Å². The van der Waals surface area contributed by atoms with Crippen molar-refractivity contribution in [2.45, 2.75) is 38.8 Å². The van der Waals surface area contributed by atoms with Crippen LogP contribution < -0.4 is 11.1 Å². The summed E-state index contributed by atoms with van der Waals surface area (Å²) < 4.78 is 0. The predicted octanol–water partition coefficient (Wildman–Crippen LogP) is 0.583. The summed E-state index contributed by atoms with van der Waals surface area (Å²) in [5, 5.41) is 30.1. The number of hydrogen-bond acceptors (Lipinski definition) is 5. The fourth-order valence-electron chi connectivity index (χ4n) is 2.01. The fraction of sp³-hybridized carbons (Fsp3) is 0.467. The molecule has 0 aliphatic heterocycles. The maximum absolute atomic E-state index is 12.0. The van der Waals surface area contributed by atoms with Crippen LogP contribution in [0.3, 0.4) is 0 Å². The smallest absolute Gasteiger partial charge is 0.326 e. The van der Waals surface area contributed by atoms with Crippen LogP contribution in [0.1, 0.15) is 25.8 Å². The molecular weight excluding hydrogens is 288 g/mol. The Morgan fingerprint density at radius 1 is 1.23 bits per heavy atom. The van der Waals surface area contributed by atoms with Crippen molar-refractivity contribution in [1.82, 2.24) is 5.32 Å². The average Bonchev–Trinajstić information content (AvgIpc) is 2.41. The Labute approximate surface area is 128 Å². The van der Waals surface area contributed by atoms with E-state index in [9.17, 15) is 19.8 Å². The molecule has 7 heteroatoms. The number of phenolic OH excluding ortho intramolecular Hbond substituents is 2. The zero-order chi connectivity index (χ0) is 16.9. The summed E-state index contributed by atoms with van der Waals surface area (Å²) in [6, 6.07) is 2.22. The number of benzene rings is 1. The Balaban J connectivity index is 2.67. The van der Waals surface area contributed by atoms with Crippen LogP contribution in [0.2, 0.25) is 0 Å². The number of nitrogens with two attached hydrogens (primary N) is 1. The highest BCUT2D eigenvalue weighted by Gasteiger charge is 2.24. The maximum atomic E-state index is 12.0. The summed E-state index contributed by atoms with van der Waals surface area (Å²) in [7, 11) is 0. The van der Waals surface area contributed by atoms with Gasteiger partial charge in [0.05, 0.1) is 6.04 Å². The van der Waals surface area contributed by atoms with E-state index >= 15 is 0 Å². The molecule has 0 saturated heterocycles. The summed E-state index contributed by atoms with van der Waals surface area (Å²) in [4.78, 5) is 23.1. The topological polar surface area (TPSA) is 133 Å². The molecule has 1 aromatic carbocycles. The Morgan fingerprint density at radius 3 is 2.36 bits per heavy atom. The number of carboxylic acids is 1. The van der Waals surface area contributed by atoms with Gasteiger partial charge in [0.2, 0.25) is 5.91 Å². The summed E-state index contributed by atoms with van der Waals surface area (Å²) in [5.41, 5.74) is 6.33. The van der Waals surface area contributed by atoms with Gasteiger partial charge in [-0.25, -0.2) is 4.79 Å². The van der Waals surface area contributed by atoms with Crippen molar-refractivity contribution >= 4 is 11.9 Å². The number of aliphatic carboxylic acids is 1. The second-order valence-corrected chi connectivity index (χ2v) is 5.66. The van der Waals surface area contributed by atoms with Gasteiger partial charge in [-0.15, -0.1) is 0 Å². The first-order chi connectivity index (χ1) is 10.2. The van der Waals surface area contributed by atoms with Gasteiger partial charge in [0.25, 0.3) is 0 Å². The van der Waals surface area contributed by atoms with Crippen LogP contribution >= 0.6 is 0 Å². The average molecular weight is 310 g/mol. The standard InChI is InChI=1S/C15H22N2O5/c1-8(2)5-11(15(21)22)17-14(20)10(16)6-9-3-4-12(18)13(19)7-9/h3-4,7-8,10-11,18-19H,5-6,16H2,1-2H3,(H,17,20)(H,21,22)/t10-,11-/m0/s1. The van der Waals surface area contributed by atoms with Crippen LogP contribution in [0.4, 0.5) is 0 Å². The van der Waals surface area contributed by atoms with Crippen LogP contribution in [-0.4, -0.2) is 39.3 Å². The highest BCUT2D eigenvalue weighted by Crippen LogP contribution is 2.25. The molecule has 22 heavy (non-hydrogen) atoms. The lowest BCUT2D eigenvalue weighted by Gasteiger charge is -2.19. The molecule has 0 fully saturated rings. The van der Waals surface area contributed by atoms with Crippen molar-refractivity contribution < 1.29 is 24.9 Å². The van der Waals surface area contributed by atoms with Gasteiger partial charge in [-0.05, 0) is 36.5 Å². The van der Waals surface area contributed by atoms with Gasteiger partial charge in [-0.3, -0.25) is 4.79 Å². The van der Waals surface area contributed by atoms with Gasteiger partial charge in [-0.1, -0.05) is 19.9 Å². The van der Waals surface area contributed by atoms with Gasteiger partial charge in [0.15, 0.2) is 11.5 Å². The second kappa shape index (κ2) is 7.65. The lowest BCUT2D eigenvalue weighted by atomic mass is 10.0. The Kier molecular flexibility index (Phi) is 6.18. The largest absolute Gasteiger partial charge is 0.504 e. The molecule has 6 N–H and O–H groups in total. The van der Waals surface area contributed by atoms with Crippen molar-refractivity contribution in [3.05, 3.63) is 23.8 Å². The van der Waals surface area contributed by atoms with E-state index in [4.69, 9.17) is 10.8 Å². The van der Waals surface area contributed by atoms with E-state index in [-0.39, 0.29) is 23.8 Å². The molecule has 2 atom stereocenters. The quantitative estimate of drug-likeness (QED) is 0.468. The molecule has 0 radical (unpaired) electrons. The van der Waals surface area contributed by atoms with Crippen molar-refractivity contribution in [2.24, 2.45) is 11.7 Å². The minimum absolute atomic E-state index is 0.117. The van der Waals surface area contributed by atoms with Gasteiger partial charge < -0.3 is 26.4 Å². The molecule has 0 bridgehead atoms. The first kappa shape index (κ1) is 17.8. The molecule has 1 rings (SSSR count). The van der Waals surface area contributed by atoms with Crippen LogP contribution in [0.5, 0.6) is 11.5 Å². The normalized spacial score (nSPS) is 13.6. The number of carbonyl (C=O) groups is 2. The van der Waals surface area contributed by atoms with E-state index in [2.05, 4.69) is 5.32 Å². The predicted molar refractivity (Wildman–Crippen MR) is 80.5 cm³/mol. The number of carboxylic acid groups (broad SMARTS) is 1. The zero-order valence-corrected chi connectivity index (χ0v) is 12.6. The van der Waals surface area contributed by atoms with Gasteiger partial charge >= 0.3 is 5.97 Å². The Hall–Kier alpha value is -2.28. The van der Waals surface area contributed by atoms with Crippen molar-refractivity contribution in [2.75, 3.05) is 0 Å². The minimum Gasteiger partial charge on any atom is -0.504 e. The summed E-state index contributed by atoms with van der Waals surface area (Å²) in [5.74, 6) is -2.11. The molecule has 7 nitrogen and oxygen atoms in total. The van der Waals surface area contributed by atoms with Gasteiger partial charge in [0.1, 0.15) is 6.04 Å². The number of aromatic hydroxyl groups is 2. The molecule has 0 heterocycles. The van der Waals surface area contributed by atoms with Crippen LogP contribution in [-0.2, 0) is 16.0 Å². The number of nitrogens with one attached hydrogen (secondary N) is 1. The Morgan fingerprint density at radius 2 is 1.86 bits per heavy atom. The van der Waals surface area contributed by atoms with E-state index < -0.39 is 24.0 Å². The number of rotatable bonds is 7. The number of hydrogen-bond donors (Lipinski definition) is 5. The molecule has 1 amide bonds. The summed E-state index contributed by atoms with van der Waals surface area (Å²) in [6.07, 6.45) is 0.432. The SMILES string of the molecule is CC(C)C[C@H](NC(=O)[C@@H](N)Cc1ccc(O)c(O)c1)C(=O)O. The highest BCUT2D eigenvalue weighted by molar-refractivity contribution is 5.87. The lowest BCUT2D eigenvalue weighted by molar-refractivity contribution is -0.142. The van der Waals surface area contributed by atoms with Gasteiger partial charge in [0, 0.05) is 0 Å². The number of amides is 1. The third kappa shape index (κ3) is 5.25. The van der Waals surface area contributed by atoms with Crippen molar-refractivity contribution in [3.8, 4) is 11.5 Å². The maximum Gasteiger partial charge on any atom is 0.326 e. The lowest BCUT2D eigenvalue weighted by Crippen LogP contribution is -2.49. The summed E-state index contributed by atoms with van der Waals surface area (Å²) in [6.45, 7) is 3.72. The minimum atomic E-state index is -1.10. The summed E-state index contributed by atoms with van der Waals surface area (Å²) >= 11 is 0. The van der Waals surface area contributed by atoms with Crippen LogP contribution in [0.15, 0.2) is 18.2 Å². The first-order valence-corrected chi connectivity index (χ1v) is 7.00. The zero-order valence-electron chi connectivity index (χ0n) is 12.6. The highest BCUT2D eigenvalue weighted by atomic mass is 16.4. The Bertz CT molecular complexity index is 545. The van der Waals surface area contributed by atoms with E-state index in [0.29, 0.717) is 12.0 Å². The third-order valence-corrected chi connectivity index (χ3v) is 3.15. The number of carbonyl (C=O) groups excluding carboxylic acids is 1. The molecule has 0 aliphatic rings. The first-order valence-electron chi connectivity index (χ1n) is 7.00. The molecular formula is C15H22N2O5. The molecule has 122 valence electrons. The molecule has 0 aromatic heterocycles. The third-order valence-electron chi connectivity index (χ3n) is 3.15. The molecule has 0 aliphatic carbocycles. The molecule has 0 spiro atoms. The molecule has 1 aromatic rings. The van der Waals surface area contributed by atoms with Crippen molar-refractivity contribution in [3.63, 3.8) is 0 Å².